The first kappa shape index (κ1) is 17.9. The number of carbonyl (C=O) groups is 1. The van der Waals surface area contributed by atoms with Crippen LogP contribution in [0.5, 0.6) is 0 Å². The van der Waals surface area contributed by atoms with Gasteiger partial charge in [-0.3, -0.25) is 4.79 Å². The summed E-state index contributed by atoms with van der Waals surface area (Å²) >= 11 is 0. The van der Waals surface area contributed by atoms with Crippen LogP contribution in [0.4, 0.5) is 5.82 Å². The highest BCUT2D eigenvalue weighted by atomic mass is 16.7. The maximum Gasteiger partial charge on any atom is 0.254 e. The minimum absolute atomic E-state index is 0.00144. The Morgan fingerprint density at radius 1 is 1.15 bits per heavy atom. The van der Waals surface area contributed by atoms with Crippen molar-refractivity contribution in [3.8, 4) is 0 Å². The van der Waals surface area contributed by atoms with E-state index in [4.69, 9.17) is 9.47 Å². The van der Waals surface area contributed by atoms with E-state index in [0.717, 1.165) is 37.3 Å². The van der Waals surface area contributed by atoms with Crippen LogP contribution < -0.4 is 4.90 Å². The number of nitrogens with zero attached hydrogens (tertiary/aromatic N) is 3. The van der Waals surface area contributed by atoms with Crippen LogP contribution in [0.1, 0.15) is 28.8 Å². The highest BCUT2D eigenvalue weighted by Gasteiger charge is 2.40. The zero-order valence-corrected chi connectivity index (χ0v) is 15.6. The van der Waals surface area contributed by atoms with Gasteiger partial charge in [-0.2, -0.15) is 0 Å². The van der Waals surface area contributed by atoms with Gasteiger partial charge in [-0.1, -0.05) is 30.3 Å². The predicted molar refractivity (Wildman–Crippen MR) is 103 cm³/mol. The van der Waals surface area contributed by atoms with Crippen molar-refractivity contribution >= 4 is 11.7 Å². The average Bonchev–Trinajstić information content (AvgIpc) is 3.17. The molecule has 142 valence electrons. The monoisotopic (exact) mass is 367 g/mol. The lowest BCUT2D eigenvalue weighted by atomic mass is 10.0. The standard InChI is InChI=1S/C21H25N3O3/c1-23(16-17-5-3-2-4-6-17)20(25)18-7-10-22-19(15-18)24-11-8-21(9-12-24)26-13-14-27-21/h2-7,10,15H,8-9,11-14,16H2,1H3. The fraction of sp³-hybridized carbons (Fsp3) is 0.429. The molecular formula is C21H25N3O3. The Kier molecular flexibility index (Phi) is 5.09. The van der Waals surface area contributed by atoms with Crippen LogP contribution >= 0.6 is 0 Å². The van der Waals surface area contributed by atoms with E-state index in [9.17, 15) is 4.79 Å². The summed E-state index contributed by atoms with van der Waals surface area (Å²) in [4.78, 5) is 21.2. The van der Waals surface area contributed by atoms with Crippen molar-refractivity contribution < 1.29 is 14.3 Å². The second kappa shape index (κ2) is 7.66. The quantitative estimate of drug-likeness (QED) is 0.832. The summed E-state index contributed by atoms with van der Waals surface area (Å²) in [5, 5.41) is 0. The first-order chi connectivity index (χ1) is 13.2. The van der Waals surface area contributed by atoms with Gasteiger partial charge >= 0.3 is 0 Å². The number of aromatic nitrogens is 1. The number of benzene rings is 1. The van der Waals surface area contributed by atoms with E-state index in [0.29, 0.717) is 25.3 Å². The van der Waals surface area contributed by atoms with Gasteiger partial charge in [0.1, 0.15) is 5.82 Å². The predicted octanol–water partition coefficient (Wildman–Crippen LogP) is 2.70. The molecule has 2 aliphatic rings. The van der Waals surface area contributed by atoms with Crippen molar-refractivity contribution in [3.05, 3.63) is 59.8 Å². The maximum atomic E-state index is 12.8. The van der Waals surface area contributed by atoms with Crippen LogP contribution in [0.25, 0.3) is 0 Å². The van der Waals surface area contributed by atoms with Crippen LogP contribution in [-0.2, 0) is 16.0 Å². The molecule has 0 saturated carbocycles. The molecule has 4 rings (SSSR count). The van der Waals surface area contributed by atoms with Gasteiger partial charge in [0.2, 0.25) is 0 Å². The van der Waals surface area contributed by atoms with Crippen LogP contribution in [0.2, 0.25) is 0 Å². The molecule has 0 N–H and O–H groups in total. The van der Waals surface area contributed by atoms with Gasteiger partial charge in [0.15, 0.2) is 5.79 Å². The first-order valence-electron chi connectivity index (χ1n) is 9.44. The number of anilines is 1. The number of ether oxygens (including phenoxy) is 2. The minimum Gasteiger partial charge on any atom is -0.356 e. The van der Waals surface area contributed by atoms with Gasteiger partial charge < -0.3 is 19.3 Å². The molecule has 27 heavy (non-hydrogen) atoms. The summed E-state index contributed by atoms with van der Waals surface area (Å²) in [5.41, 5.74) is 1.77. The van der Waals surface area contributed by atoms with Crippen LogP contribution in [0.15, 0.2) is 48.7 Å². The second-order valence-corrected chi connectivity index (χ2v) is 7.14. The van der Waals surface area contributed by atoms with E-state index in [1.54, 1.807) is 17.2 Å². The Hall–Kier alpha value is -2.44. The van der Waals surface area contributed by atoms with Gasteiger partial charge in [0.25, 0.3) is 5.91 Å². The third-order valence-electron chi connectivity index (χ3n) is 5.26. The number of hydrogen-bond acceptors (Lipinski definition) is 5. The molecule has 0 atom stereocenters. The number of piperidine rings is 1. The van der Waals surface area contributed by atoms with Crippen LogP contribution in [0, 0.1) is 0 Å². The lowest BCUT2D eigenvalue weighted by molar-refractivity contribution is -0.169. The Labute approximate surface area is 159 Å². The fourth-order valence-electron chi connectivity index (χ4n) is 3.74. The molecule has 2 aliphatic heterocycles. The van der Waals surface area contributed by atoms with E-state index in [-0.39, 0.29) is 5.91 Å². The van der Waals surface area contributed by atoms with E-state index in [1.165, 1.54) is 0 Å². The third kappa shape index (κ3) is 3.96. The Morgan fingerprint density at radius 3 is 2.56 bits per heavy atom. The van der Waals surface area contributed by atoms with Gasteiger partial charge in [-0.25, -0.2) is 4.98 Å². The molecule has 1 aromatic carbocycles. The lowest BCUT2D eigenvalue weighted by Crippen LogP contribution is -2.45. The molecule has 2 saturated heterocycles. The summed E-state index contributed by atoms with van der Waals surface area (Å²) in [7, 11) is 1.83. The van der Waals surface area contributed by atoms with E-state index in [1.807, 2.05) is 43.4 Å². The fourth-order valence-corrected chi connectivity index (χ4v) is 3.74. The average molecular weight is 367 g/mol. The minimum atomic E-state index is -0.403. The number of pyridine rings is 1. The number of amides is 1. The topological polar surface area (TPSA) is 54.9 Å². The maximum absolute atomic E-state index is 12.8. The van der Waals surface area contributed by atoms with E-state index < -0.39 is 5.79 Å². The van der Waals surface area contributed by atoms with Crippen molar-refractivity contribution in [2.24, 2.45) is 0 Å². The largest absolute Gasteiger partial charge is 0.356 e. The summed E-state index contributed by atoms with van der Waals surface area (Å²) in [6.07, 6.45) is 3.35. The molecule has 3 heterocycles. The number of carbonyl (C=O) groups excluding carboxylic acids is 1. The SMILES string of the molecule is CN(Cc1ccccc1)C(=O)c1ccnc(N2CCC3(CC2)OCCO3)c1. The zero-order chi connectivity index (χ0) is 18.7. The molecule has 0 radical (unpaired) electrons. The molecule has 2 fully saturated rings. The van der Waals surface area contributed by atoms with E-state index in [2.05, 4.69) is 9.88 Å². The van der Waals surface area contributed by atoms with Crippen LogP contribution in [-0.4, -0.2) is 54.9 Å². The summed E-state index contributed by atoms with van der Waals surface area (Å²) < 4.78 is 11.6. The Morgan fingerprint density at radius 2 is 1.85 bits per heavy atom. The van der Waals surface area contributed by atoms with Crippen molar-refractivity contribution in [1.82, 2.24) is 9.88 Å². The normalized spacial score (nSPS) is 18.6. The molecule has 1 spiro atoms. The van der Waals surface area contributed by atoms with E-state index >= 15 is 0 Å². The molecular weight excluding hydrogens is 342 g/mol. The van der Waals surface area contributed by atoms with Crippen molar-refractivity contribution in [3.63, 3.8) is 0 Å². The van der Waals surface area contributed by atoms with Gasteiger partial charge in [0, 0.05) is 51.3 Å². The van der Waals surface area contributed by atoms with Crippen molar-refractivity contribution in [2.75, 3.05) is 38.3 Å². The molecule has 6 heteroatoms. The number of hydrogen-bond donors (Lipinski definition) is 0. The molecule has 6 nitrogen and oxygen atoms in total. The Balaban J connectivity index is 1.42. The molecule has 1 amide bonds. The number of rotatable bonds is 4. The van der Waals surface area contributed by atoms with Gasteiger partial charge in [-0.05, 0) is 17.7 Å². The summed E-state index contributed by atoms with van der Waals surface area (Å²) in [6.45, 7) is 3.55. The third-order valence-corrected chi connectivity index (χ3v) is 5.26. The summed E-state index contributed by atoms with van der Waals surface area (Å²) in [5.74, 6) is 0.431. The summed E-state index contributed by atoms with van der Waals surface area (Å²) in [6, 6.07) is 13.7. The van der Waals surface area contributed by atoms with Crippen molar-refractivity contribution in [1.29, 1.82) is 0 Å². The lowest BCUT2D eigenvalue weighted by Gasteiger charge is -2.38. The first-order valence-corrected chi connectivity index (χ1v) is 9.44. The highest BCUT2D eigenvalue weighted by Crippen LogP contribution is 2.32. The van der Waals surface area contributed by atoms with Gasteiger partial charge in [0.05, 0.1) is 13.2 Å². The zero-order valence-electron chi connectivity index (χ0n) is 15.6. The highest BCUT2D eigenvalue weighted by molar-refractivity contribution is 5.94. The second-order valence-electron chi connectivity index (χ2n) is 7.14. The van der Waals surface area contributed by atoms with Gasteiger partial charge in [-0.15, -0.1) is 0 Å². The molecule has 2 aromatic rings. The smallest absolute Gasteiger partial charge is 0.254 e. The molecule has 1 aromatic heterocycles. The van der Waals surface area contributed by atoms with Crippen molar-refractivity contribution in [2.45, 2.75) is 25.2 Å². The molecule has 0 aliphatic carbocycles. The molecule has 0 bridgehead atoms. The van der Waals surface area contributed by atoms with Crippen LogP contribution in [0.3, 0.4) is 0 Å². The Bertz CT molecular complexity index is 780. The molecule has 0 unspecified atom stereocenters.